The zero-order chi connectivity index (χ0) is 16.7. The van der Waals surface area contributed by atoms with E-state index < -0.39 is 0 Å². The van der Waals surface area contributed by atoms with E-state index in [-0.39, 0.29) is 16.7 Å². The zero-order valence-electron chi connectivity index (χ0n) is 13.0. The molecule has 23 heavy (non-hydrogen) atoms. The molecule has 0 fully saturated rings. The molecule has 2 aromatic rings. The third-order valence-electron chi connectivity index (χ3n) is 3.63. The standard InChI is InChI=1S/C19H20N2O2/c1-3-14-20(15-4-2)19(16-8-6-5-7-9-16)17-10-12-18(13-11-17)21(22)23/h3-13,19H,1-2,14-15H2. The summed E-state index contributed by atoms with van der Waals surface area (Å²) in [5.74, 6) is 0. The van der Waals surface area contributed by atoms with Gasteiger partial charge < -0.3 is 0 Å². The van der Waals surface area contributed by atoms with Crippen LogP contribution in [0.25, 0.3) is 0 Å². The van der Waals surface area contributed by atoms with Crippen LogP contribution in [0.2, 0.25) is 0 Å². The van der Waals surface area contributed by atoms with E-state index in [0.717, 1.165) is 11.1 Å². The second kappa shape index (κ2) is 8.06. The van der Waals surface area contributed by atoms with Gasteiger partial charge in [-0.05, 0) is 11.1 Å². The molecule has 2 rings (SSSR count). The van der Waals surface area contributed by atoms with Crippen LogP contribution in [0, 0.1) is 10.1 Å². The molecule has 0 aliphatic heterocycles. The van der Waals surface area contributed by atoms with Crippen LogP contribution < -0.4 is 0 Å². The molecule has 0 heterocycles. The van der Waals surface area contributed by atoms with Crippen LogP contribution in [0.4, 0.5) is 5.69 Å². The van der Waals surface area contributed by atoms with E-state index in [1.165, 1.54) is 0 Å². The van der Waals surface area contributed by atoms with E-state index in [4.69, 9.17) is 0 Å². The summed E-state index contributed by atoms with van der Waals surface area (Å²) in [4.78, 5) is 12.7. The van der Waals surface area contributed by atoms with Crippen molar-refractivity contribution in [2.75, 3.05) is 13.1 Å². The Morgan fingerprint density at radius 2 is 1.48 bits per heavy atom. The van der Waals surface area contributed by atoms with Crippen molar-refractivity contribution in [2.45, 2.75) is 6.04 Å². The largest absolute Gasteiger partial charge is 0.285 e. The molecule has 118 valence electrons. The lowest BCUT2D eigenvalue weighted by molar-refractivity contribution is -0.384. The van der Waals surface area contributed by atoms with Crippen LogP contribution in [0.1, 0.15) is 17.2 Å². The number of benzene rings is 2. The molecule has 0 amide bonds. The predicted molar refractivity (Wildman–Crippen MR) is 93.3 cm³/mol. The highest BCUT2D eigenvalue weighted by Crippen LogP contribution is 2.29. The molecule has 0 N–H and O–H groups in total. The molecule has 0 bridgehead atoms. The van der Waals surface area contributed by atoms with E-state index in [9.17, 15) is 10.1 Å². The highest BCUT2D eigenvalue weighted by atomic mass is 16.6. The fourth-order valence-corrected chi connectivity index (χ4v) is 2.64. The Bertz CT molecular complexity index is 656. The van der Waals surface area contributed by atoms with Gasteiger partial charge >= 0.3 is 0 Å². The smallest absolute Gasteiger partial charge is 0.269 e. The highest BCUT2D eigenvalue weighted by Gasteiger charge is 2.21. The number of hydrogen-bond acceptors (Lipinski definition) is 3. The first-order chi connectivity index (χ1) is 11.2. The first-order valence-corrected chi connectivity index (χ1v) is 7.42. The van der Waals surface area contributed by atoms with E-state index in [1.54, 1.807) is 12.1 Å². The van der Waals surface area contributed by atoms with Gasteiger partial charge in [0.05, 0.1) is 11.0 Å². The van der Waals surface area contributed by atoms with Crippen LogP contribution >= 0.6 is 0 Å². The van der Waals surface area contributed by atoms with E-state index >= 15 is 0 Å². The summed E-state index contributed by atoms with van der Waals surface area (Å²) < 4.78 is 0. The minimum atomic E-state index is -0.382. The van der Waals surface area contributed by atoms with Gasteiger partial charge in [-0.15, -0.1) is 13.2 Å². The average Bonchev–Trinajstić information content (AvgIpc) is 2.57. The highest BCUT2D eigenvalue weighted by molar-refractivity contribution is 5.38. The summed E-state index contributed by atoms with van der Waals surface area (Å²) in [5, 5.41) is 10.9. The van der Waals surface area contributed by atoms with Crippen molar-refractivity contribution >= 4 is 5.69 Å². The Morgan fingerprint density at radius 3 is 1.96 bits per heavy atom. The van der Waals surface area contributed by atoms with Crippen molar-refractivity contribution in [1.29, 1.82) is 0 Å². The molecule has 1 atom stereocenters. The van der Waals surface area contributed by atoms with Gasteiger partial charge in [-0.3, -0.25) is 15.0 Å². The summed E-state index contributed by atoms with van der Waals surface area (Å²) in [7, 11) is 0. The van der Waals surface area contributed by atoms with Crippen LogP contribution in [0.5, 0.6) is 0 Å². The Hall–Kier alpha value is -2.72. The maximum Gasteiger partial charge on any atom is 0.269 e. The second-order valence-electron chi connectivity index (χ2n) is 5.19. The molecule has 4 heteroatoms. The molecule has 0 radical (unpaired) electrons. The molecular formula is C19H20N2O2. The van der Waals surface area contributed by atoms with Crippen molar-refractivity contribution in [3.63, 3.8) is 0 Å². The molecule has 0 aromatic heterocycles. The third-order valence-corrected chi connectivity index (χ3v) is 3.63. The van der Waals surface area contributed by atoms with Crippen LogP contribution in [-0.4, -0.2) is 22.9 Å². The molecule has 0 spiro atoms. The number of nitrogens with zero attached hydrogens (tertiary/aromatic N) is 2. The van der Waals surface area contributed by atoms with Crippen molar-refractivity contribution < 1.29 is 4.92 Å². The predicted octanol–water partition coefficient (Wildman–Crippen LogP) is 4.36. The number of nitro benzene ring substituents is 1. The molecule has 0 aliphatic carbocycles. The first-order valence-electron chi connectivity index (χ1n) is 7.42. The van der Waals surface area contributed by atoms with Gasteiger partial charge in [-0.25, -0.2) is 0 Å². The first kappa shape index (κ1) is 16.6. The fraction of sp³-hybridized carbons (Fsp3) is 0.158. The number of rotatable bonds is 8. The van der Waals surface area contributed by atoms with Gasteiger partial charge in [0.2, 0.25) is 0 Å². The van der Waals surface area contributed by atoms with Gasteiger partial charge in [-0.1, -0.05) is 54.6 Å². The van der Waals surface area contributed by atoms with E-state index in [1.807, 2.05) is 42.5 Å². The number of hydrogen-bond donors (Lipinski definition) is 0. The summed E-state index contributed by atoms with van der Waals surface area (Å²) in [5.41, 5.74) is 2.23. The molecular weight excluding hydrogens is 288 g/mol. The van der Waals surface area contributed by atoms with Gasteiger partial charge in [-0.2, -0.15) is 0 Å². The summed E-state index contributed by atoms with van der Waals surface area (Å²) in [6, 6.07) is 16.8. The molecule has 2 aromatic carbocycles. The molecule has 0 saturated heterocycles. The normalized spacial score (nSPS) is 11.9. The lowest BCUT2D eigenvalue weighted by Crippen LogP contribution is -2.30. The van der Waals surface area contributed by atoms with E-state index in [2.05, 4.69) is 30.2 Å². The van der Waals surface area contributed by atoms with Crippen molar-refractivity contribution in [2.24, 2.45) is 0 Å². The maximum atomic E-state index is 10.9. The number of non-ortho nitro benzene ring substituents is 1. The molecule has 0 saturated carbocycles. The lowest BCUT2D eigenvalue weighted by atomic mass is 9.96. The average molecular weight is 308 g/mol. The van der Waals surface area contributed by atoms with Crippen molar-refractivity contribution in [3.05, 3.63) is 101 Å². The lowest BCUT2D eigenvalue weighted by Gasteiger charge is -2.30. The Labute approximate surface area is 136 Å². The minimum Gasteiger partial charge on any atom is -0.285 e. The summed E-state index contributed by atoms with van der Waals surface area (Å²) in [6.45, 7) is 9.04. The van der Waals surface area contributed by atoms with Gasteiger partial charge in [0, 0.05) is 25.2 Å². The Kier molecular flexibility index (Phi) is 5.83. The van der Waals surface area contributed by atoms with Gasteiger partial charge in [0.15, 0.2) is 0 Å². The monoisotopic (exact) mass is 308 g/mol. The fourth-order valence-electron chi connectivity index (χ4n) is 2.64. The van der Waals surface area contributed by atoms with E-state index in [0.29, 0.717) is 13.1 Å². The topological polar surface area (TPSA) is 46.4 Å². The maximum absolute atomic E-state index is 10.9. The zero-order valence-corrected chi connectivity index (χ0v) is 13.0. The molecule has 4 nitrogen and oxygen atoms in total. The molecule has 0 aliphatic rings. The quantitative estimate of drug-likeness (QED) is 0.413. The van der Waals surface area contributed by atoms with Crippen LogP contribution in [0.3, 0.4) is 0 Å². The minimum absolute atomic E-state index is 0.00648. The van der Waals surface area contributed by atoms with Gasteiger partial charge in [0.1, 0.15) is 0 Å². The van der Waals surface area contributed by atoms with Crippen molar-refractivity contribution in [1.82, 2.24) is 4.90 Å². The van der Waals surface area contributed by atoms with Crippen molar-refractivity contribution in [3.8, 4) is 0 Å². The van der Waals surface area contributed by atoms with Gasteiger partial charge in [0.25, 0.3) is 5.69 Å². The summed E-state index contributed by atoms with van der Waals surface area (Å²) >= 11 is 0. The second-order valence-corrected chi connectivity index (χ2v) is 5.19. The SMILES string of the molecule is C=CCN(CC=C)C(c1ccccc1)c1ccc([N+](=O)[O-])cc1. The van der Waals surface area contributed by atoms with Crippen LogP contribution in [-0.2, 0) is 0 Å². The Morgan fingerprint density at radius 1 is 0.957 bits per heavy atom. The van der Waals surface area contributed by atoms with Crippen LogP contribution in [0.15, 0.2) is 79.9 Å². The summed E-state index contributed by atoms with van der Waals surface area (Å²) in [6.07, 6.45) is 3.70. The number of nitro groups is 1. The Balaban J connectivity index is 2.45. The molecule has 1 unspecified atom stereocenters. The third kappa shape index (κ3) is 4.14.